The summed E-state index contributed by atoms with van der Waals surface area (Å²) in [5.74, 6) is 0.252. The number of benzene rings is 2. The van der Waals surface area contributed by atoms with Crippen LogP contribution >= 0.6 is 23.8 Å². The van der Waals surface area contributed by atoms with Crippen molar-refractivity contribution in [1.82, 2.24) is 10.2 Å². The number of hydrogen-bond donors (Lipinski definition) is 1. The number of nitrogens with zero attached hydrogens (tertiary/aromatic N) is 2. The number of halogens is 1. The van der Waals surface area contributed by atoms with Crippen molar-refractivity contribution >= 4 is 40.5 Å². The SMILES string of the molecule is Cc1ccc2c(c1)C1NC(=S)N(c3ccc(Cl)cc3)C(C)(O2)C1C(=O)N(C)C. The first-order valence-electron chi connectivity index (χ1n) is 9.09. The van der Waals surface area contributed by atoms with Crippen LogP contribution in [0.1, 0.15) is 24.1 Å². The number of thiocarbonyl (C=S) groups is 1. The highest BCUT2D eigenvalue weighted by Crippen LogP contribution is 2.50. The van der Waals surface area contributed by atoms with E-state index in [2.05, 4.69) is 11.4 Å². The number of fused-ring (bicyclic) bond motifs is 4. The topological polar surface area (TPSA) is 44.8 Å². The predicted molar refractivity (Wildman–Crippen MR) is 115 cm³/mol. The smallest absolute Gasteiger partial charge is 0.233 e. The average molecular weight is 416 g/mol. The first-order valence-corrected chi connectivity index (χ1v) is 9.88. The maximum Gasteiger partial charge on any atom is 0.233 e. The van der Waals surface area contributed by atoms with Crippen molar-refractivity contribution in [3.8, 4) is 5.75 Å². The van der Waals surface area contributed by atoms with Gasteiger partial charge in [0.2, 0.25) is 5.91 Å². The van der Waals surface area contributed by atoms with Gasteiger partial charge in [0.15, 0.2) is 10.8 Å². The van der Waals surface area contributed by atoms with E-state index in [0.717, 1.165) is 22.6 Å². The van der Waals surface area contributed by atoms with Crippen molar-refractivity contribution in [2.75, 3.05) is 19.0 Å². The number of ether oxygens (including phenoxy) is 1. The molecule has 2 aliphatic heterocycles. The Labute approximate surface area is 175 Å². The van der Waals surface area contributed by atoms with Crippen LogP contribution in [0.3, 0.4) is 0 Å². The van der Waals surface area contributed by atoms with Crippen molar-refractivity contribution in [1.29, 1.82) is 0 Å². The van der Waals surface area contributed by atoms with Crippen LogP contribution in [-0.4, -0.2) is 35.7 Å². The van der Waals surface area contributed by atoms with Crippen molar-refractivity contribution in [2.45, 2.75) is 25.6 Å². The van der Waals surface area contributed by atoms with E-state index < -0.39 is 11.6 Å². The van der Waals surface area contributed by atoms with E-state index >= 15 is 0 Å². The van der Waals surface area contributed by atoms with Gasteiger partial charge in [0.05, 0.1) is 6.04 Å². The minimum Gasteiger partial charge on any atom is -0.467 e. The predicted octanol–water partition coefficient (Wildman–Crippen LogP) is 3.90. The van der Waals surface area contributed by atoms with Gasteiger partial charge in [-0.15, -0.1) is 0 Å². The molecule has 28 heavy (non-hydrogen) atoms. The second-order valence-electron chi connectivity index (χ2n) is 7.65. The van der Waals surface area contributed by atoms with Crippen LogP contribution in [0.2, 0.25) is 5.02 Å². The van der Waals surface area contributed by atoms with E-state index in [1.165, 1.54) is 0 Å². The molecule has 2 aromatic carbocycles. The van der Waals surface area contributed by atoms with Gasteiger partial charge in [-0.2, -0.15) is 0 Å². The molecule has 0 radical (unpaired) electrons. The number of hydrogen-bond acceptors (Lipinski definition) is 3. The molecule has 1 N–H and O–H groups in total. The molecule has 2 aromatic rings. The highest BCUT2D eigenvalue weighted by atomic mass is 35.5. The molecule has 5 nitrogen and oxygen atoms in total. The van der Waals surface area contributed by atoms with Gasteiger partial charge in [-0.3, -0.25) is 9.69 Å². The fraction of sp³-hybridized carbons (Fsp3) is 0.333. The molecule has 1 saturated heterocycles. The first kappa shape index (κ1) is 19.0. The van der Waals surface area contributed by atoms with E-state index in [1.807, 2.05) is 43.0 Å². The number of carbonyl (C=O) groups is 1. The number of aryl methyl sites for hydroxylation is 1. The molecule has 0 aliphatic carbocycles. The lowest BCUT2D eigenvalue weighted by atomic mass is 9.78. The van der Waals surface area contributed by atoms with Gasteiger partial charge >= 0.3 is 0 Å². The molecule has 7 heteroatoms. The third-order valence-electron chi connectivity index (χ3n) is 5.45. The molecule has 2 aliphatic rings. The molecule has 1 fully saturated rings. The van der Waals surface area contributed by atoms with Crippen LogP contribution in [0.25, 0.3) is 0 Å². The Balaban J connectivity index is 1.91. The van der Waals surface area contributed by atoms with E-state index in [4.69, 9.17) is 28.6 Å². The Morgan fingerprint density at radius 2 is 1.93 bits per heavy atom. The third-order valence-corrected chi connectivity index (χ3v) is 6.00. The Kier molecular flexibility index (Phi) is 4.51. The lowest BCUT2D eigenvalue weighted by molar-refractivity contribution is -0.144. The Bertz CT molecular complexity index is 963. The molecule has 146 valence electrons. The molecule has 1 amide bonds. The fourth-order valence-electron chi connectivity index (χ4n) is 4.14. The zero-order valence-electron chi connectivity index (χ0n) is 16.2. The molecule has 2 heterocycles. The molecule has 3 atom stereocenters. The minimum absolute atomic E-state index is 0.0198. The fourth-order valence-corrected chi connectivity index (χ4v) is 4.68. The summed E-state index contributed by atoms with van der Waals surface area (Å²) in [6.45, 7) is 3.95. The van der Waals surface area contributed by atoms with Gasteiger partial charge in [0, 0.05) is 30.4 Å². The summed E-state index contributed by atoms with van der Waals surface area (Å²) in [6, 6.07) is 13.1. The van der Waals surface area contributed by atoms with Gasteiger partial charge in [0.1, 0.15) is 11.7 Å². The lowest BCUT2D eigenvalue weighted by Crippen LogP contribution is -2.72. The summed E-state index contributed by atoms with van der Waals surface area (Å²) in [6.07, 6.45) is 0. The summed E-state index contributed by atoms with van der Waals surface area (Å²) in [5, 5.41) is 4.55. The quantitative estimate of drug-likeness (QED) is 0.754. The average Bonchev–Trinajstić information content (AvgIpc) is 2.63. The minimum atomic E-state index is -0.982. The monoisotopic (exact) mass is 415 g/mol. The number of amides is 1. The normalized spacial score (nSPS) is 25.5. The largest absolute Gasteiger partial charge is 0.467 e. The molecule has 3 unspecified atom stereocenters. The maximum absolute atomic E-state index is 13.3. The van der Waals surface area contributed by atoms with Gasteiger partial charge in [0.25, 0.3) is 0 Å². The van der Waals surface area contributed by atoms with Crippen LogP contribution in [0.5, 0.6) is 5.75 Å². The Morgan fingerprint density at radius 3 is 2.57 bits per heavy atom. The summed E-state index contributed by atoms with van der Waals surface area (Å²) < 4.78 is 6.51. The number of nitrogens with one attached hydrogen (secondary N) is 1. The molecule has 0 spiro atoms. The molecular formula is C21H22ClN3O2S. The second kappa shape index (κ2) is 6.64. The van der Waals surface area contributed by atoms with Gasteiger partial charge in [-0.25, -0.2) is 0 Å². The lowest BCUT2D eigenvalue weighted by Gasteiger charge is -2.56. The van der Waals surface area contributed by atoms with Crippen LogP contribution in [-0.2, 0) is 4.79 Å². The van der Waals surface area contributed by atoms with E-state index in [0.29, 0.717) is 10.1 Å². The van der Waals surface area contributed by atoms with Gasteiger partial charge in [-0.05, 0) is 56.4 Å². The Morgan fingerprint density at radius 1 is 1.25 bits per heavy atom. The van der Waals surface area contributed by atoms with Gasteiger partial charge in [-0.1, -0.05) is 29.3 Å². The molecule has 4 rings (SSSR count). The van der Waals surface area contributed by atoms with Crippen LogP contribution in [0, 0.1) is 12.8 Å². The van der Waals surface area contributed by atoms with Crippen molar-refractivity contribution < 1.29 is 9.53 Å². The van der Waals surface area contributed by atoms with Crippen molar-refractivity contribution in [3.63, 3.8) is 0 Å². The molecule has 0 saturated carbocycles. The summed E-state index contributed by atoms with van der Waals surface area (Å²) >= 11 is 11.8. The maximum atomic E-state index is 13.3. The third kappa shape index (κ3) is 2.83. The molecule has 2 bridgehead atoms. The highest BCUT2D eigenvalue weighted by Gasteiger charge is 2.59. The number of carbonyl (C=O) groups excluding carboxylic acids is 1. The van der Waals surface area contributed by atoms with E-state index in [-0.39, 0.29) is 11.9 Å². The summed E-state index contributed by atoms with van der Waals surface area (Å²) in [7, 11) is 3.52. The van der Waals surface area contributed by atoms with E-state index in [1.54, 1.807) is 31.1 Å². The van der Waals surface area contributed by atoms with Crippen LogP contribution < -0.4 is 15.0 Å². The first-order chi connectivity index (χ1) is 13.2. The van der Waals surface area contributed by atoms with Crippen molar-refractivity contribution in [2.24, 2.45) is 5.92 Å². The highest BCUT2D eigenvalue weighted by molar-refractivity contribution is 7.80. The molecular weight excluding hydrogens is 394 g/mol. The van der Waals surface area contributed by atoms with E-state index in [9.17, 15) is 4.79 Å². The summed E-state index contributed by atoms with van der Waals surface area (Å²) in [4.78, 5) is 16.8. The zero-order chi connectivity index (χ0) is 20.2. The number of rotatable bonds is 2. The van der Waals surface area contributed by atoms with Crippen LogP contribution in [0.4, 0.5) is 5.69 Å². The van der Waals surface area contributed by atoms with Crippen molar-refractivity contribution in [3.05, 3.63) is 58.6 Å². The standard InChI is InChI=1S/C21H22ClN3O2S/c1-12-5-10-16-15(11-12)18-17(19(26)24(3)4)21(2,27-16)25(20(28)23-18)14-8-6-13(22)7-9-14/h5-11,17-18H,1-4H3,(H,23,28). The zero-order valence-corrected chi connectivity index (χ0v) is 17.8. The summed E-state index contributed by atoms with van der Waals surface area (Å²) in [5.41, 5.74) is 1.89. The number of anilines is 1. The Hall–Kier alpha value is -2.31. The second-order valence-corrected chi connectivity index (χ2v) is 8.47. The van der Waals surface area contributed by atoms with Crippen LogP contribution in [0.15, 0.2) is 42.5 Å². The molecule has 0 aromatic heterocycles. The van der Waals surface area contributed by atoms with Gasteiger partial charge < -0.3 is 15.0 Å².